The molecule has 2 N–H and O–H groups in total. The van der Waals surface area contributed by atoms with Crippen molar-refractivity contribution in [3.8, 4) is 6.07 Å². The van der Waals surface area contributed by atoms with Crippen LogP contribution in [-0.2, 0) is 23.9 Å². The molecule has 1 aromatic carbocycles. The van der Waals surface area contributed by atoms with E-state index in [4.69, 9.17) is 5.26 Å². The Morgan fingerprint density at radius 2 is 1.58 bits per heavy atom. The lowest BCUT2D eigenvalue weighted by atomic mass is 9.87. The van der Waals surface area contributed by atoms with Crippen molar-refractivity contribution in [3.63, 3.8) is 0 Å². The molecular weight excluding hydrogens is 344 g/mol. The molecule has 0 fully saturated rings. The highest BCUT2D eigenvalue weighted by Crippen LogP contribution is 2.20. The van der Waals surface area contributed by atoms with E-state index in [1.54, 1.807) is 0 Å². The molecule has 0 aliphatic heterocycles. The van der Waals surface area contributed by atoms with Crippen LogP contribution in [0.25, 0.3) is 0 Å². The topological polar surface area (TPSA) is 143 Å². The van der Waals surface area contributed by atoms with Gasteiger partial charge in [-0.1, -0.05) is 6.92 Å². The number of carboxylic acids is 1. The quantitative estimate of drug-likeness (QED) is 0.522. The number of hydrogen-bond acceptors (Lipinski definition) is 7. The number of hydrogen-bond donors (Lipinski definition) is 2. The van der Waals surface area contributed by atoms with Crippen molar-refractivity contribution < 1.29 is 33.8 Å². The number of nitrogens with one attached hydrogen (secondary N) is 1. The molecule has 26 heavy (non-hydrogen) atoms. The Kier molecular flexibility index (Phi) is 7.28. The number of esters is 2. The van der Waals surface area contributed by atoms with Gasteiger partial charge in [-0.25, -0.2) is 4.79 Å². The summed E-state index contributed by atoms with van der Waals surface area (Å²) in [6, 6.07) is 5.86. The van der Waals surface area contributed by atoms with Gasteiger partial charge in [0.2, 0.25) is 0 Å². The van der Waals surface area contributed by atoms with Gasteiger partial charge in [0.25, 0.3) is 5.91 Å². The van der Waals surface area contributed by atoms with E-state index in [0.717, 1.165) is 14.2 Å². The van der Waals surface area contributed by atoms with Gasteiger partial charge in [-0.15, -0.1) is 0 Å². The zero-order valence-electron chi connectivity index (χ0n) is 14.4. The van der Waals surface area contributed by atoms with E-state index in [-0.39, 0.29) is 5.56 Å². The van der Waals surface area contributed by atoms with E-state index in [9.17, 15) is 24.3 Å². The van der Waals surface area contributed by atoms with Crippen molar-refractivity contribution in [2.75, 3.05) is 14.2 Å². The van der Waals surface area contributed by atoms with Crippen LogP contribution in [0, 0.1) is 23.2 Å². The van der Waals surface area contributed by atoms with Crippen LogP contribution in [0.4, 0.5) is 0 Å². The second kappa shape index (κ2) is 9.17. The first-order valence-electron chi connectivity index (χ1n) is 7.46. The third-order valence-electron chi connectivity index (χ3n) is 3.79. The molecule has 9 nitrogen and oxygen atoms in total. The predicted molar refractivity (Wildman–Crippen MR) is 86.7 cm³/mol. The van der Waals surface area contributed by atoms with E-state index in [2.05, 4.69) is 14.8 Å². The standard InChI is InChI=1S/C17H18N2O7/c1-9(12(16(23)25-2)17(24)26-3)13(15(21)22)19-14(20)11-6-4-10(8-18)5-7-11/h4-7,9,12-13H,1-3H3,(H,19,20)(H,21,22)/t9-,13-/m1/s1. The van der Waals surface area contributed by atoms with E-state index in [1.807, 2.05) is 6.07 Å². The smallest absolute Gasteiger partial charge is 0.326 e. The summed E-state index contributed by atoms with van der Waals surface area (Å²) in [6.45, 7) is 1.32. The molecule has 2 atom stereocenters. The molecule has 0 radical (unpaired) electrons. The number of rotatable bonds is 7. The molecular formula is C17H18N2O7. The summed E-state index contributed by atoms with van der Waals surface area (Å²) in [6.07, 6.45) is 0. The van der Waals surface area contributed by atoms with E-state index in [0.29, 0.717) is 5.56 Å². The van der Waals surface area contributed by atoms with Crippen LogP contribution >= 0.6 is 0 Å². The second-order valence-corrected chi connectivity index (χ2v) is 5.36. The Labute approximate surface area is 149 Å². The van der Waals surface area contributed by atoms with Crippen molar-refractivity contribution in [2.45, 2.75) is 13.0 Å². The van der Waals surface area contributed by atoms with Crippen LogP contribution in [-0.4, -0.2) is 49.2 Å². The van der Waals surface area contributed by atoms with E-state index < -0.39 is 41.7 Å². The first-order valence-corrected chi connectivity index (χ1v) is 7.46. The number of benzene rings is 1. The monoisotopic (exact) mass is 362 g/mol. The molecule has 0 aliphatic carbocycles. The van der Waals surface area contributed by atoms with E-state index in [1.165, 1.54) is 31.2 Å². The van der Waals surface area contributed by atoms with Crippen LogP contribution in [0.1, 0.15) is 22.8 Å². The molecule has 1 aromatic rings. The third-order valence-corrected chi connectivity index (χ3v) is 3.79. The number of ether oxygens (including phenoxy) is 2. The summed E-state index contributed by atoms with van der Waals surface area (Å²) in [5.41, 5.74) is 0.455. The lowest BCUT2D eigenvalue weighted by Gasteiger charge is -2.26. The SMILES string of the molecule is COC(=O)C(C(=O)OC)[C@@H](C)[C@@H](NC(=O)c1ccc(C#N)cc1)C(=O)O. The van der Waals surface area contributed by atoms with Gasteiger partial charge in [-0.3, -0.25) is 14.4 Å². The predicted octanol–water partition coefficient (Wildman–Crippen LogP) is 0.340. The van der Waals surface area contributed by atoms with Gasteiger partial charge in [0.05, 0.1) is 25.9 Å². The average Bonchev–Trinajstić information content (AvgIpc) is 2.65. The van der Waals surface area contributed by atoms with Gasteiger partial charge in [-0.05, 0) is 24.3 Å². The van der Waals surface area contributed by atoms with Crippen LogP contribution in [0.2, 0.25) is 0 Å². The third kappa shape index (κ3) is 4.80. The summed E-state index contributed by atoms with van der Waals surface area (Å²) >= 11 is 0. The van der Waals surface area contributed by atoms with Crippen molar-refractivity contribution >= 4 is 23.8 Å². The highest BCUT2D eigenvalue weighted by Gasteiger charge is 2.42. The summed E-state index contributed by atoms with van der Waals surface area (Å²) in [4.78, 5) is 47.5. The minimum Gasteiger partial charge on any atom is -0.480 e. The van der Waals surface area contributed by atoms with Crippen molar-refractivity contribution in [1.82, 2.24) is 5.32 Å². The van der Waals surface area contributed by atoms with Gasteiger partial charge >= 0.3 is 17.9 Å². The number of nitriles is 1. The molecule has 0 heterocycles. The van der Waals surface area contributed by atoms with Gasteiger partial charge in [0.15, 0.2) is 5.92 Å². The van der Waals surface area contributed by atoms with Crippen molar-refractivity contribution in [1.29, 1.82) is 5.26 Å². The molecule has 0 aromatic heterocycles. The van der Waals surface area contributed by atoms with Crippen molar-refractivity contribution in [2.24, 2.45) is 11.8 Å². The number of carbonyl (C=O) groups is 4. The Hall–Kier alpha value is -3.41. The molecule has 138 valence electrons. The Morgan fingerprint density at radius 3 is 1.96 bits per heavy atom. The minimum atomic E-state index is -1.55. The molecule has 1 amide bonds. The molecule has 0 aliphatic rings. The number of carboxylic acid groups (broad SMARTS) is 1. The second-order valence-electron chi connectivity index (χ2n) is 5.36. The fourth-order valence-corrected chi connectivity index (χ4v) is 2.31. The molecule has 0 saturated carbocycles. The summed E-state index contributed by atoms with van der Waals surface area (Å²) in [7, 11) is 2.10. The normalized spacial score (nSPS) is 12.4. The van der Waals surface area contributed by atoms with Crippen molar-refractivity contribution in [3.05, 3.63) is 35.4 Å². The highest BCUT2D eigenvalue weighted by molar-refractivity contribution is 5.98. The van der Waals surface area contributed by atoms with Gasteiger partial charge < -0.3 is 19.9 Å². The molecule has 9 heteroatoms. The summed E-state index contributed by atoms with van der Waals surface area (Å²) < 4.78 is 9.05. The molecule has 1 rings (SSSR count). The maximum absolute atomic E-state index is 12.3. The Balaban J connectivity index is 3.07. The Morgan fingerprint density at radius 1 is 1.08 bits per heavy atom. The fourth-order valence-electron chi connectivity index (χ4n) is 2.31. The summed E-state index contributed by atoms with van der Waals surface area (Å²) in [5.74, 6) is -6.77. The molecule has 0 saturated heterocycles. The number of aliphatic carboxylic acids is 1. The summed E-state index contributed by atoms with van der Waals surface area (Å²) in [5, 5.41) is 20.4. The first kappa shape index (κ1) is 20.6. The molecule has 0 bridgehead atoms. The lowest BCUT2D eigenvalue weighted by Crippen LogP contribution is -2.50. The highest BCUT2D eigenvalue weighted by atomic mass is 16.5. The largest absolute Gasteiger partial charge is 0.480 e. The minimum absolute atomic E-state index is 0.120. The van der Waals surface area contributed by atoms with E-state index >= 15 is 0 Å². The number of nitrogens with zero attached hydrogens (tertiary/aromatic N) is 1. The number of methoxy groups -OCH3 is 2. The van der Waals surface area contributed by atoms with Crippen LogP contribution in [0.5, 0.6) is 0 Å². The zero-order chi connectivity index (χ0) is 19.9. The number of carbonyl (C=O) groups excluding carboxylic acids is 3. The lowest BCUT2D eigenvalue weighted by molar-refractivity contribution is -0.162. The fraction of sp³-hybridized carbons (Fsp3) is 0.353. The molecule has 0 spiro atoms. The maximum atomic E-state index is 12.3. The van der Waals surface area contributed by atoms with Gasteiger partial charge in [-0.2, -0.15) is 5.26 Å². The zero-order valence-corrected chi connectivity index (χ0v) is 14.4. The first-order chi connectivity index (χ1) is 12.3. The van der Waals surface area contributed by atoms with Crippen LogP contribution in [0.15, 0.2) is 24.3 Å². The van der Waals surface area contributed by atoms with Crippen LogP contribution < -0.4 is 5.32 Å². The van der Waals surface area contributed by atoms with Crippen LogP contribution in [0.3, 0.4) is 0 Å². The average molecular weight is 362 g/mol. The maximum Gasteiger partial charge on any atom is 0.326 e. The van der Waals surface area contributed by atoms with Gasteiger partial charge in [0.1, 0.15) is 6.04 Å². The number of amides is 1. The Bertz CT molecular complexity index is 720. The molecule has 0 unspecified atom stereocenters. The van der Waals surface area contributed by atoms with Gasteiger partial charge in [0, 0.05) is 11.5 Å².